The SMILES string of the molecule is CCC(CC)CNCCN1C2CCC1CC(c1cccc(C(N)=O)c1O)C2. The van der Waals surface area contributed by atoms with Crippen molar-refractivity contribution in [2.45, 2.75) is 70.4 Å². The van der Waals surface area contributed by atoms with Gasteiger partial charge in [0.2, 0.25) is 0 Å². The van der Waals surface area contributed by atoms with Crippen molar-refractivity contribution >= 4 is 5.91 Å². The van der Waals surface area contributed by atoms with Crippen LogP contribution in [0.3, 0.4) is 0 Å². The summed E-state index contributed by atoms with van der Waals surface area (Å²) in [6, 6.07) is 6.57. The minimum atomic E-state index is -0.557. The molecule has 0 aliphatic carbocycles. The van der Waals surface area contributed by atoms with Crippen LogP contribution < -0.4 is 11.1 Å². The first-order valence-electron chi connectivity index (χ1n) is 10.6. The molecular formula is C22H35N3O2. The van der Waals surface area contributed by atoms with E-state index >= 15 is 0 Å². The van der Waals surface area contributed by atoms with Gasteiger partial charge >= 0.3 is 0 Å². The van der Waals surface area contributed by atoms with Crippen LogP contribution in [0.2, 0.25) is 0 Å². The minimum absolute atomic E-state index is 0.0923. The molecule has 1 amide bonds. The predicted molar refractivity (Wildman–Crippen MR) is 109 cm³/mol. The lowest BCUT2D eigenvalue weighted by atomic mass is 9.83. The second-order valence-electron chi connectivity index (χ2n) is 8.29. The van der Waals surface area contributed by atoms with Crippen molar-refractivity contribution in [2.75, 3.05) is 19.6 Å². The number of nitrogens with two attached hydrogens (primary N) is 1. The molecule has 2 heterocycles. The molecule has 2 fully saturated rings. The lowest BCUT2D eigenvalue weighted by molar-refractivity contribution is 0.0997. The summed E-state index contributed by atoms with van der Waals surface area (Å²) in [6.45, 7) is 7.81. The number of carbonyl (C=O) groups is 1. The van der Waals surface area contributed by atoms with Gasteiger partial charge in [-0.3, -0.25) is 9.69 Å². The van der Waals surface area contributed by atoms with E-state index in [1.807, 2.05) is 12.1 Å². The van der Waals surface area contributed by atoms with Gasteiger partial charge in [0.1, 0.15) is 5.75 Å². The maximum absolute atomic E-state index is 11.5. The van der Waals surface area contributed by atoms with Crippen molar-refractivity contribution in [3.05, 3.63) is 29.3 Å². The van der Waals surface area contributed by atoms with Crippen LogP contribution in [0, 0.1) is 5.92 Å². The first-order valence-corrected chi connectivity index (χ1v) is 10.6. The molecular weight excluding hydrogens is 338 g/mol. The van der Waals surface area contributed by atoms with Crippen molar-refractivity contribution < 1.29 is 9.90 Å². The van der Waals surface area contributed by atoms with Crippen LogP contribution in [0.15, 0.2) is 18.2 Å². The molecule has 2 unspecified atom stereocenters. The summed E-state index contributed by atoms with van der Waals surface area (Å²) < 4.78 is 0. The zero-order valence-corrected chi connectivity index (χ0v) is 16.8. The summed E-state index contributed by atoms with van der Waals surface area (Å²) in [4.78, 5) is 14.2. The summed E-state index contributed by atoms with van der Waals surface area (Å²) in [6.07, 6.45) is 7.08. The Kier molecular flexibility index (Phi) is 6.77. The number of piperidine rings is 1. The molecule has 0 aromatic heterocycles. The lowest BCUT2D eigenvalue weighted by Crippen LogP contribution is -2.45. The van der Waals surface area contributed by atoms with Gasteiger partial charge < -0.3 is 16.2 Å². The van der Waals surface area contributed by atoms with E-state index in [4.69, 9.17) is 5.73 Å². The van der Waals surface area contributed by atoms with Crippen molar-refractivity contribution in [3.63, 3.8) is 0 Å². The van der Waals surface area contributed by atoms with Gasteiger partial charge in [0.05, 0.1) is 5.56 Å². The molecule has 2 bridgehead atoms. The van der Waals surface area contributed by atoms with Gasteiger partial charge in [0.15, 0.2) is 0 Å². The number of rotatable bonds is 9. The summed E-state index contributed by atoms with van der Waals surface area (Å²) in [5, 5.41) is 14.2. The second-order valence-corrected chi connectivity index (χ2v) is 8.29. The third-order valence-corrected chi connectivity index (χ3v) is 6.79. The molecule has 1 aromatic rings. The largest absolute Gasteiger partial charge is 0.507 e. The number of fused-ring (bicyclic) bond motifs is 2. The number of nitrogens with zero attached hydrogens (tertiary/aromatic N) is 1. The average molecular weight is 374 g/mol. The number of hydrogen-bond acceptors (Lipinski definition) is 4. The van der Waals surface area contributed by atoms with Crippen LogP contribution in [-0.2, 0) is 0 Å². The van der Waals surface area contributed by atoms with Crippen LogP contribution in [0.1, 0.15) is 74.2 Å². The fourth-order valence-corrected chi connectivity index (χ4v) is 5.07. The molecule has 3 rings (SSSR count). The van der Waals surface area contributed by atoms with Crippen LogP contribution in [-0.4, -0.2) is 47.6 Å². The van der Waals surface area contributed by atoms with Crippen LogP contribution in [0.4, 0.5) is 0 Å². The normalized spacial score (nSPS) is 25.2. The zero-order chi connectivity index (χ0) is 19.4. The highest BCUT2D eigenvalue weighted by Gasteiger charge is 2.41. The summed E-state index contributed by atoms with van der Waals surface area (Å²) in [7, 11) is 0. The predicted octanol–water partition coefficient (Wildman–Crippen LogP) is 3.23. The Balaban J connectivity index is 1.58. The van der Waals surface area contributed by atoms with Crippen molar-refractivity contribution in [2.24, 2.45) is 11.7 Å². The molecule has 2 aliphatic heterocycles. The molecule has 150 valence electrons. The molecule has 4 N–H and O–H groups in total. The van der Waals surface area contributed by atoms with Gasteiger partial charge in [0.25, 0.3) is 5.91 Å². The number of para-hydroxylation sites is 1. The van der Waals surface area contributed by atoms with Gasteiger partial charge in [-0.25, -0.2) is 0 Å². The van der Waals surface area contributed by atoms with E-state index < -0.39 is 5.91 Å². The molecule has 27 heavy (non-hydrogen) atoms. The standard InChI is InChI=1S/C22H35N3O2/c1-3-15(4-2)14-24-10-11-25-17-8-9-18(25)13-16(12-17)19-6-5-7-20(21(19)26)22(23)27/h5-7,15-18,24,26H,3-4,8-14H2,1-2H3,(H2,23,27). The number of primary amides is 1. The van der Waals surface area contributed by atoms with Crippen molar-refractivity contribution in [1.29, 1.82) is 0 Å². The van der Waals surface area contributed by atoms with Crippen molar-refractivity contribution in [1.82, 2.24) is 10.2 Å². The Hall–Kier alpha value is -1.59. The van der Waals surface area contributed by atoms with E-state index in [1.165, 1.54) is 25.7 Å². The Bertz CT molecular complexity index is 630. The Morgan fingerprint density at radius 2 is 1.93 bits per heavy atom. The summed E-state index contributed by atoms with van der Waals surface area (Å²) in [5.41, 5.74) is 6.54. The van der Waals surface area contributed by atoms with Gasteiger partial charge in [-0.15, -0.1) is 0 Å². The maximum Gasteiger partial charge on any atom is 0.252 e. The fourth-order valence-electron chi connectivity index (χ4n) is 5.07. The number of hydrogen-bond donors (Lipinski definition) is 3. The average Bonchev–Trinajstić information content (AvgIpc) is 2.89. The molecule has 1 aromatic carbocycles. The Labute approximate surface area is 163 Å². The Morgan fingerprint density at radius 3 is 2.52 bits per heavy atom. The van der Waals surface area contributed by atoms with E-state index in [1.54, 1.807) is 6.07 Å². The highest BCUT2D eigenvalue weighted by Crippen LogP contribution is 2.45. The summed E-state index contributed by atoms with van der Waals surface area (Å²) >= 11 is 0. The second kappa shape index (κ2) is 9.07. The monoisotopic (exact) mass is 373 g/mol. The number of nitrogens with one attached hydrogen (secondary N) is 1. The highest BCUT2D eigenvalue weighted by atomic mass is 16.3. The quantitative estimate of drug-likeness (QED) is 0.581. The molecule has 0 radical (unpaired) electrons. The first kappa shape index (κ1) is 20.2. The number of amides is 1. The maximum atomic E-state index is 11.5. The van der Waals surface area contributed by atoms with E-state index in [-0.39, 0.29) is 11.3 Å². The summed E-state index contributed by atoms with van der Waals surface area (Å²) in [5.74, 6) is 0.636. The molecule has 0 saturated carbocycles. The Morgan fingerprint density at radius 1 is 1.26 bits per heavy atom. The highest BCUT2D eigenvalue weighted by molar-refractivity contribution is 5.96. The smallest absolute Gasteiger partial charge is 0.252 e. The molecule has 5 nitrogen and oxygen atoms in total. The number of benzene rings is 1. The van der Waals surface area contributed by atoms with Crippen LogP contribution >= 0.6 is 0 Å². The third-order valence-electron chi connectivity index (χ3n) is 6.79. The van der Waals surface area contributed by atoms with E-state index in [2.05, 4.69) is 24.1 Å². The fraction of sp³-hybridized carbons (Fsp3) is 0.682. The molecule has 0 spiro atoms. The van der Waals surface area contributed by atoms with Gasteiger partial charge in [0, 0.05) is 25.2 Å². The molecule has 2 atom stereocenters. The van der Waals surface area contributed by atoms with Gasteiger partial charge in [-0.1, -0.05) is 38.8 Å². The zero-order valence-electron chi connectivity index (χ0n) is 16.8. The topological polar surface area (TPSA) is 78.6 Å². The first-order chi connectivity index (χ1) is 13.0. The molecule has 5 heteroatoms. The third kappa shape index (κ3) is 4.46. The molecule has 2 aliphatic rings. The van der Waals surface area contributed by atoms with Crippen molar-refractivity contribution in [3.8, 4) is 5.75 Å². The van der Waals surface area contributed by atoms with E-state index in [0.717, 1.165) is 44.0 Å². The lowest BCUT2D eigenvalue weighted by Gasteiger charge is -2.39. The molecule has 2 saturated heterocycles. The number of carbonyl (C=O) groups excluding carboxylic acids is 1. The van der Waals surface area contributed by atoms with E-state index in [0.29, 0.717) is 18.0 Å². The van der Waals surface area contributed by atoms with Crippen LogP contribution in [0.5, 0.6) is 5.75 Å². The number of aromatic hydroxyl groups is 1. The minimum Gasteiger partial charge on any atom is -0.507 e. The van der Waals surface area contributed by atoms with Gasteiger partial charge in [-0.2, -0.15) is 0 Å². The van der Waals surface area contributed by atoms with Gasteiger partial charge in [-0.05, 0) is 55.7 Å². The van der Waals surface area contributed by atoms with E-state index in [9.17, 15) is 9.90 Å². The number of phenols is 1. The van der Waals surface area contributed by atoms with Crippen LogP contribution in [0.25, 0.3) is 0 Å².